The fraction of sp³-hybridized carbons (Fsp3) is 0.148. The number of nitrogens with one attached hydrogen (secondary N) is 1. The Bertz CT molecular complexity index is 1730. The van der Waals surface area contributed by atoms with Crippen LogP contribution >= 0.6 is 23.2 Å². The van der Waals surface area contributed by atoms with E-state index in [4.69, 9.17) is 27.9 Å². The largest absolute Gasteiger partial charge is 1.00 e. The van der Waals surface area contributed by atoms with Crippen molar-refractivity contribution in [2.45, 2.75) is 25.2 Å². The van der Waals surface area contributed by atoms with Gasteiger partial charge in [0, 0.05) is 32.7 Å². The van der Waals surface area contributed by atoms with E-state index in [-0.39, 0.29) is 51.5 Å². The normalized spacial score (nSPS) is 11.4. The van der Waals surface area contributed by atoms with Crippen molar-refractivity contribution in [2.24, 2.45) is 10.2 Å². The number of azo groups is 1. The zero-order valence-electron chi connectivity index (χ0n) is 21.7. The molecule has 0 spiro atoms. The average molecular weight is 610 g/mol. The molecule has 13 heteroatoms. The predicted molar refractivity (Wildman–Crippen MR) is 149 cm³/mol. The number of carbonyl (C=O) groups is 1. The summed E-state index contributed by atoms with van der Waals surface area (Å²) in [5.41, 5.74) is 0.104. The molecule has 0 aromatic heterocycles. The monoisotopic (exact) mass is 609 g/mol. The molecule has 0 aliphatic rings. The minimum atomic E-state index is -4.68. The van der Waals surface area contributed by atoms with Gasteiger partial charge in [-0.1, -0.05) is 60.1 Å². The van der Waals surface area contributed by atoms with Gasteiger partial charge >= 0.3 is 29.6 Å². The van der Waals surface area contributed by atoms with E-state index in [0.717, 1.165) is 0 Å². The van der Waals surface area contributed by atoms with Crippen LogP contribution in [0.5, 0.6) is 11.5 Å². The summed E-state index contributed by atoms with van der Waals surface area (Å²) in [6, 6.07) is 15.2. The Balaban J connectivity index is 0.00000441. The first-order valence-corrected chi connectivity index (χ1v) is 13.9. The van der Waals surface area contributed by atoms with Gasteiger partial charge in [0.1, 0.15) is 16.3 Å². The molecule has 2 N–H and O–H groups in total. The summed E-state index contributed by atoms with van der Waals surface area (Å²) < 4.78 is 39.2. The van der Waals surface area contributed by atoms with Crippen molar-refractivity contribution in [1.29, 1.82) is 0 Å². The van der Waals surface area contributed by atoms with Crippen molar-refractivity contribution in [3.05, 3.63) is 81.8 Å². The molecule has 0 unspecified atom stereocenters. The third kappa shape index (κ3) is 7.13. The topological polar surface area (TPSA) is 140 Å². The van der Waals surface area contributed by atoms with E-state index in [1.807, 2.05) is 0 Å². The van der Waals surface area contributed by atoms with Gasteiger partial charge in [-0.05, 0) is 54.6 Å². The molecule has 4 aromatic rings. The molecule has 1 amide bonds. The number of hydrogen-bond acceptors (Lipinski definition) is 7. The number of anilines is 1. The van der Waals surface area contributed by atoms with E-state index in [1.54, 1.807) is 50.2 Å². The van der Waals surface area contributed by atoms with Gasteiger partial charge in [0.05, 0.1) is 12.3 Å². The van der Waals surface area contributed by atoms with E-state index in [0.29, 0.717) is 45.8 Å². The SMILES string of the molecule is CCOc1cc(Cl)cc(NC(=O)c2cc3ccccc3c(N=Nc3cc(Cl)c(CC)cc3S(=O)(=O)O)c2[O-])c1.[Na+]. The fourth-order valence-electron chi connectivity index (χ4n) is 3.91. The zero-order valence-corrected chi connectivity index (χ0v) is 26.1. The van der Waals surface area contributed by atoms with Gasteiger partial charge in [-0.25, -0.2) is 0 Å². The van der Waals surface area contributed by atoms with Crippen LogP contribution < -0.4 is 44.7 Å². The molecule has 0 aliphatic carbocycles. The Kier molecular flexibility index (Phi) is 10.6. The molecule has 0 saturated carbocycles. The Morgan fingerprint density at radius 1 is 1.05 bits per heavy atom. The molecule has 0 fully saturated rings. The molecule has 0 radical (unpaired) electrons. The first-order chi connectivity index (χ1) is 18.5. The van der Waals surface area contributed by atoms with Gasteiger partial charge in [0.15, 0.2) is 0 Å². The van der Waals surface area contributed by atoms with Crippen molar-refractivity contribution < 1.29 is 57.2 Å². The number of aryl methyl sites for hydroxylation is 1. The van der Waals surface area contributed by atoms with Crippen LogP contribution in [-0.2, 0) is 16.5 Å². The van der Waals surface area contributed by atoms with Crippen molar-refractivity contribution in [2.75, 3.05) is 11.9 Å². The van der Waals surface area contributed by atoms with Crippen LogP contribution in [0, 0.1) is 0 Å². The van der Waals surface area contributed by atoms with Crippen LogP contribution in [-0.4, -0.2) is 25.5 Å². The second-order valence-electron chi connectivity index (χ2n) is 8.33. The summed E-state index contributed by atoms with van der Waals surface area (Å²) in [7, 11) is -4.68. The number of halogens is 2. The van der Waals surface area contributed by atoms with Crippen LogP contribution in [0.4, 0.5) is 17.1 Å². The molecule has 4 rings (SSSR count). The van der Waals surface area contributed by atoms with Gasteiger partial charge in [0.2, 0.25) is 0 Å². The quantitative estimate of drug-likeness (QED) is 0.175. The van der Waals surface area contributed by atoms with Crippen LogP contribution in [0.15, 0.2) is 75.8 Å². The van der Waals surface area contributed by atoms with E-state index in [2.05, 4.69) is 15.5 Å². The van der Waals surface area contributed by atoms with Crippen molar-refractivity contribution >= 4 is 67.1 Å². The second kappa shape index (κ2) is 13.3. The number of rotatable bonds is 8. The Labute approximate surface area is 263 Å². The van der Waals surface area contributed by atoms with E-state index in [1.165, 1.54) is 24.3 Å². The second-order valence-corrected chi connectivity index (χ2v) is 10.6. The number of hydrogen-bond donors (Lipinski definition) is 2. The summed E-state index contributed by atoms with van der Waals surface area (Å²) in [5, 5.41) is 25.5. The maximum absolute atomic E-state index is 13.5. The molecular formula is C27H22Cl2N3NaO6S. The summed E-state index contributed by atoms with van der Waals surface area (Å²) >= 11 is 12.4. The van der Waals surface area contributed by atoms with Crippen molar-refractivity contribution in [3.63, 3.8) is 0 Å². The summed E-state index contributed by atoms with van der Waals surface area (Å²) in [4.78, 5) is 12.7. The number of nitrogens with zero attached hydrogens (tertiary/aromatic N) is 2. The maximum Gasteiger partial charge on any atom is 1.00 e. The van der Waals surface area contributed by atoms with Crippen LogP contribution in [0.1, 0.15) is 29.8 Å². The van der Waals surface area contributed by atoms with Gasteiger partial charge in [0.25, 0.3) is 16.0 Å². The number of fused-ring (bicyclic) bond motifs is 1. The summed E-state index contributed by atoms with van der Waals surface area (Å²) in [6.45, 7) is 3.96. The third-order valence-electron chi connectivity index (χ3n) is 5.70. The van der Waals surface area contributed by atoms with E-state index < -0.39 is 26.7 Å². The van der Waals surface area contributed by atoms with Crippen LogP contribution in [0.3, 0.4) is 0 Å². The standard InChI is InChI=1S/C27H23Cl2N3O6S.Na/c1-3-15-10-24(39(35,36)37)23(14-22(15)29)31-32-25-20-8-6-5-7-16(20)9-21(26(25)33)27(34)30-18-11-17(28)12-19(13-18)38-4-2;/h5-14,33H,3-4H2,1-2H3,(H,30,34)(H,35,36,37);/q;+1/p-1. The maximum atomic E-state index is 13.5. The fourth-order valence-corrected chi connectivity index (χ4v) is 5.08. The van der Waals surface area contributed by atoms with E-state index in [9.17, 15) is 22.9 Å². The molecule has 202 valence electrons. The zero-order chi connectivity index (χ0) is 28.3. The molecular weight excluding hydrogens is 588 g/mol. The Hall–Kier alpha value is -2.70. The molecule has 0 heterocycles. The van der Waals surface area contributed by atoms with Gasteiger partial charge in [-0.3, -0.25) is 9.35 Å². The first-order valence-electron chi connectivity index (χ1n) is 11.7. The van der Waals surface area contributed by atoms with Crippen LogP contribution in [0.25, 0.3) is 10.8 Å². The molecule has 0 saturated heterocycles. The Morgan fingerprint density at radius 3 is 2.45 bits per heavy atom. The molecule has 0 atom stereocenters. The molecule has 4 aromatic carbocycles. The number of benzene rings is 4. The van der Waals surface area contributed by atoms with Gasteiger partial charge < -0.3 is 15.2 Å². The van der Waals surface area contributed by atoms with Crippen LogP contribution in [0.2, 0.25) is 10.0 Å². The van der Waals surface area contributed by atoms with Crippen molar-refractivity contribution in [3.8, 4) is 11.5 Å². The average Bonchev–Trinajstić information content (AvgIpc) is 2.87. The molecule has 0 bridgehead atoms. The smallest absolute Gasteiger partial charge is 0.870 e. The molecule has 0 aliphatic heterocycles. The van der Waals surface area contributed by atoms with E-state index >= 15 is 0 Å². The summed E-state index contributed by atoms with van der Waals surface area (Å²) in [5.74, 6) is -1.02. The first kappa shape index (κ1) is 31.8. The Morgan fingerprint density at radius 2 is 1.77 bits per heavy atom. The number of ether oxygens (including phenoxy) is 1. The molecule has 9 nitrogen and oxygen atoms in total. The minimum Gasteiger partial charge on any atom is -0.870 e. The minimum absolute atomic E-state index is 0. The predicted octanol–water partition coefficient (Wildman–Crippen LogP) is 4.10. The van der Waals surface area contributed by atoms with Crippen molar-refractivity contribution in [1.82, 2.24) is 0 Å². The van der Waals surface area contributed by atoms with Gasteiger partial charge in [-0.2, -0.15) is 13.5 Å². The summed E-state index contributed by atoms with van der Waals surface area (Å²) in [6.07, 6.45) is 0.407. The number of carbonyl (C=O) groups excluding carboxylic acids is 1. The van der Waals surface area contributed by atoms with Gasteiger partial charge in [-0.15, -0.1) is 5.11 Å². The third-order valence-corrected chi connectivity index (χ3v) is 7.16. The molecule has 40 heavy (non-hydrogen) atoms. The number of amides is 1.